The van der Waals surface area contributed by atoms with Gasteiger partial charge in [0, 0.05) is 32.0 Å². The van der Waals surface area contributed by atoms with E-state index in [1.807, 2.05) is 48.5 Å². The number of methoxy groups -OCH3 is 4. The third-order valence-electron chi connectivity index (χ3n) is 6.43. The van der Waals surface area contributed by atoms with Gasteiger partial charge in [0.2, 0.25) is 6.08 Å². The summed E-state index contributed by atoms with van der Waals surface area (Å²) in [6, 6.07) is 29.0. The summed E-state index contributed by atoms with van der Waals surface area (Å²) in [5.41, 5.74) is 8.82. The zero-order valence-corrected chi connectivity index (χ0v) is 27.4. The van der Waals surface area contributed by atoms with Crippen LogP contribution < -0.4 is 35.3 Å². The lowest BCUT2D eigenvalue weighted by atomic mass is 10.2. The number of hydrogen-bond acceptors (Lipinski definition) is 9. The van der Waals surface area contributed by atoms with E-state index in [4.69, 9.17) is 29.4 Å². The van der Waals surface area contributed by atoms with Crippen LogP contribution in [0.1, 0.15) is 24.0 Å². The minimum Gasteiger partial charge on any atom is -0.497 e. The average molecular weight is 645 g/mol. The van der Waals surface area contributed by atoms with Crippen LogP contribution >= 0.6 is 0 Å². The van der Waals surface area contributed by atoms with Gasteiger partial charge in [-0.05, 0) is 96.8 Å². The van der Waals surface area contributed by atoms with E-state index in [1.165, 1.54) is 18.9 Å². The van der Waals surface area contributed by atoms with Gasteiger partial charge in [-0.2, -0.15) is 4.99 Å². The number of urea groups is 1. The summed E-state index contributed by atoms with van der Waals surface area (Å²) in [4.78, 5) is 25.0. The van der Waals surface area contributed by atoms with Gasteiger partial charge in [0.15, 0.2) is 0 Å². The summed E-state index contributed by atoms with van der Waals surface area (Å²) in [6.45, 7) is 3.04. The van der Waals surface area contributed by atoms with Crippen molar-refractivity contribution in [1.29, 1.82) is 0 Å². The molecular weight excluding hydrogens is 600 g/mol. The zero-order chi connectivity index (χ0) is 34.1. The van der Waals surface area contributed by atoms with Crippen LogP contribution in [0.25, 0.3) is 0 Å². The van der Waals surface area contributed by atoms with Gasteiger partial charge in [-0.25, -0.2) is 9.59 Å². The molecule has 250 valence electrons. The molecule has 1 saturated heterocycles. The van der Waals surface area contributed by atoms with Gasteiger partial charge in [0.05, 0.1) is 34.1 Å². The first-order valence-electron chi connectivity index (χ1n) is 14.9. The standard InChI is InChI=1S/C16H18N2O3.C8H7NO2.C8H11NO.C4H8O/c1-20-14-7-3-12(4-8-14)11-17-16(19)18-13-5-9-15(21-2)10-6-13;1-11-8-4-2-7(3-5-8)9-6-10;1-10-8-4-2-7(6-9)3-5-8;1-2-4-5-3-1/h3-10H,11H2,1-2H3,(H2,17,18,19);2-5H,1H3;2-5H,6,9H2,1H3;1-4H2. The SMILES string of the molecule is C1CCOC1.COc1ccc(CN)cc1.COc1ccc(CNC(=O)Nc2ccc(OC)cc2)cc1.COc1ccc(N=C=O)cc1. The Morgan fingerprint density at radius 1 is 0.702 bits per heavy atom. The van der Waals surface area contributed by atoms with E-state index in [0.29, 0.717) is 24.5 Å². The molecule has 0 radical (unpaired) electrons. The predicted octanol–water partition coefficient (Wildman–Crippen LogP) is 6.64. The van der Waals surface area contributed by atoms with E-state index in [9.17, 15) is 9.59 Å². The molecule has 1 fully saturated rings. The van der Waals surface area contributed by atoms with Crippen LogP contribution in [0.5, 0.6) is 23.0 Å². The molecule has 1 aliphatic rings. The first-order valence-corrected chi connectivity index (χ1v) is 14.9. The molecular formula is C36H44N4O7. The number of hydrogen-bond donors (Lipinski definition) is 3. The minimum atomic E-state index is -0.254. The molecule has 0 atom stereocenters. The molecule has 5 rings (SSSR count). The highest BCUT2D eigenvalue weighted by Gasteiger charge is 2.02. The van der Waals surface area contributed by atoms with Crippen molar-refractivity contribution >= 4 is 23.5 Å². The number of carbonyl (C=O) groups excluding carboxylic acids is 2. The number of benzene rings is 4. The van der Waals surface area contributed by atoms with Crippen molar-refractivity contribution in [2.75, 3.05) is 47.0 Å². The summed E-state index contributed by atoms with van der Waals surface area (Å²) in [5.74, 6) is 3.16. The fraction of sp³-hybridized carbons (Fsp3) is 0.278. The number of carbonyl (C=O) groups is 1. The van der Waals surface area contributed by atoms with Crippen molar-refractivity contribution < 1.29 is 33.3 Å². The molecule has 4 aromatic rings. The van der Waals surface area contributed by atoms with Crippen LogP contribution in [0, 0.1) is 0 Å². The lowest BCUT2D eigenvalue weighted by Crippen LogP contribution is -2.28. The first kappa shape index (κ1) is 37.8. The fourth-order valence-corrected chi connectivity index (χ4v) is 3.76. The van der Waals surface area contributed by atoms with Crippen LogP contribution in [0.3, 0.4) is 0 Å². The van der Waals surface area contributed by atoms with Gasteiger partial charge in [-0.1, -0.05) is 24.3 Å². The third kappa shape index (κ3) is 16.0. The third-order valence-corrected chi connectivity index (χ3v) is 6.43. The van der Waals surface area contributed by atoms with Gasteiger partial charge in [0.1, 0.15) is 23.0 Å². The number of amides is 2. The van der Waals surface area contributed by atoms with Crippen molar-refractivity contribution in [3.05, 3.63) is 108 Å². The summed E-state index contributed by atoms with van der Waals surface area (Å²) >= 11 is 0. The molecule has 0 aliphatic carbocycles. The number of anilines is 1. The zero-order valence-electron chi connectivity index (χ0n) is 27.4. The molecule has 4 aromatic carbocycles. The summed E-state index contributed by atoms with van der Waals surface area (Å²) < 4.78 is 25.0. The Labute approximate surface area is 276 Å². The van der Waals surface area contributed by atoms with E-state index >= 15 is 0 Å². The Morgan fingerprint density at radius 2 is 1.13 bits per heavy atom. The monoisotopic (exact) mass is 644 g/mol. The van der Waals surface area contributed by atoms with Crippen LogP contribution in [-0.4, -0.2) is 53.8 Å². The van der Waals surface area contributed by atoms with Crippen LogP contribution in [-0.2, 0) is 22.6 Å². The molecule has 0 aromatic heterocycles. The lowest BCUT2D eigenvalue weighted by Gasteiger charge is -2.09. The average Bonchev–Trinajstić information content (AvgIpc) is 3.73. The number of isocyanates is 1. The van der Waals surface area contributed by atoms with Gasteiger partial charge in [0.25, 0.3) is 0 Å². The molecule has 1 heterocycles. The topological polar surface area (TPSA) is 143 Å². The largest absolute Gasteiger partial charge is 0.497 e. The Bertz CT molecular complexity index is 1420. The van der Waals surface area contributed by atoms with Gasteiger partial charge in [-0.15, -0.1) is 0 Å². The molecule has 47 heavy (non-hydrogen) atoms. The number of nitrogens with two attached hydrogens (primary N) is 1. The molecule has 4 N–H and O–H groups in total. The number of ether oxygens (including phenoxy) is 5. The summed E-state index contributed by atoms with van der Waals surface area (Å²) in [7, 11) is 6.45. The van der Waals surface area contributed by atoms with Crippen LogP contribution in [0.15, 0.2) is 102 Å². The molecule has 0 unspecified atom stereocenters. The highest BCUT2D eigenvalue weighted by molar-refractivity contribution is 5.89. The molecule has 0 bridgehead atoms. The second-order valence-corrected chi connectivity index (χ2v) is 9.66. The first-order chi connectivity index (χ1) is 22.9. The van der Waals surface area contributed by atoms with E-state index in [0.717, 1.165) is 47.3 Å². The summed E-state index contributed by atoms with van der Waals surface area (Å²) in [5, 5.41) is 5.55. The quantitative estimate of drug-likeness (QED) is 0.136. The van der Waals surface area contributed by atoms with Gasteiger partial charge >= 0.3 is 6.03 Å². The number of nitrogens with one attached hydrogen (secondary N) is 2. The van der Waals surface area contributed by atoms with Gasteiger partial charge < -0.3 is 40.1 Å². The van der Waals surface area contributed by atoms with Crippen molar-refractivity contribution in [1.82, 2.24) is 5.32 Å². The van der Waals surface area contributed by atoms with E-state index in [1.54, 1.807) is 77.0 Å². The maximum Gasteiger partial charge on any atom is 0.319 e. The van der Waals surface area contributed by atoms with Crippen molar-refractivity contribution in [2.45, 2.75) is 25.9 Å². The smallest absolute Gasteiger partial charge is 0.319 e. The Balaban J connectivity index is 0.000000247. The fourth-order valence-electron chi connectivity index (χ4n) is 3.76. The predicted molar refractivity (Wildman–Crippen MR) is 184 cm³/mol. The van der Waals surface area contributed by atoms with Crippen molar-refractivity contribution in [2.24, 2.45) is 10.7 Å². The highest BCUT2D eigenvalue weighted by atomic mass is 16.5. The second-order valence-electron chi connectivity index (χ2n) is 9.66. The molecule has 1 aliphatic heterocycles. The number of aliphatic imine (C=N–C) groups is 1. The molecule has 0 saturated carbocycles. The van der Waals surface area contributed by atoms with Crippen molar-refractivity contribution in [3.63, 3.8) is 0 Å². The van der Waals surface area contributed by atoms with Crippen molar-refractivity contribution in [3.8, 4) is 23.0 Å². The molecule has 11 nitrogen and oxygen atoms in total. The van der Waals surface area contributed by atoms with E-state index in [2.05, 4.69) is 15.6 Å². The van der Waals surface area contributed by atoms with Crippen LogP contribution in [0.4, 0.5) is 16.2 Å². The Morgan fingerprint density at radius 3 is 1.51 bits per heavy atom. The maximum atomic E-state index is 11.8. The number of rotatable bonds is 9. The minimum absolute atomic E-state index is 0.254. The lowest BCUT2D eigenvalue weighted by molar-refractivity contribution is 0.198. The van der Waals surface area contributed by atoms with Gasteiger partial charge in [-0.3, -0.25) is 0 Å². The molecule has 0 spiro atoms. The van der Waals surface area contributed by atoms with E-state index < -0.39 is 0 Å². The molecule has 2 amide bonds. The van der Waals surface area contributed by atoms with E-state index in [-0.39, 0.29) is 6.03 Å². The normalized spacial score (nSPS) is 10.9. The maximum absolute atomic E-state index is 11.8. The Kier molecular flexibility index (Phi) is 18.6. The molecule has 11 heteroatoms. The number of nitrogens with zero attached hydrogens (tertiary/aromatic N) is 1. The second kappa shape index (κ2) is 23.1. The Hall–Kier alpha value is -5.35. The highest BCUT2D eigenvalue weighted by Crippen LogP contribution is 2.17. The van der Waals surface area contributed by atoms with Crippen LogP contribution in [0.2, 0.25) is 0 Å². The summed E-state index contributed by atoms with van der Waals surface area (Å²) in [6.07, 6.45) is 4.01.